The van der Waals surface area contributed by atoms with Crippen LogP contribution >= 0.6 is 22.9 Å². The average molecular weight is 256 g/mol. The van der Waals surface area contributed by atoms with Crippen molar-refractivity contribution in [3.05, 3.63) is 45.0 Å². The molecule has 0 saturated heterocycles. The van der Waals surface area contributed by atoms with E-state index in [1.165, 1.54) is 12.3 Å². The highest BCUT2D eigenvalue weighted by molar-refractivity contribution is 7.09. The number of rotatable bonds is 4. The molecule has 0 aliphatic rings. The largest absolute Gasteiger partial charge is 0.299 e. The number of nitrogens with zero attached hydrogens (tertiary/aromatic N) is 3. The molecule has 2 aromatic rings. The minimum Gasteiger partial charge on any atom is -0.299 e. The highest BCUT2D eigenvalue weighted by atomic mass is 35.5. The second kappa shape index (κ2) is 5.23. The van der Waals surface area contributed by atoms with Crippen LogP contribution in [0.3, 0.4) is 0 Å². The molecule has 0 fully saturated rings. The molecule has 0 unspecified atom stereocenters. The van der Waals surface area contributed by atoms with Gasteiger partial charge in [0.1, 0.15) is 0 Å². The molecule has 0 radical (unpaired) electrons. The van der Waals surface area contributed by atoms with E-state index in [2.05, 4.69) is 9.97 Å². The van der Waals surface area contributed by atoms with Crippen molar-refractivity contribution < 1.29 is 0 Å². The molecular formula is C10H10ClN3OS. The van der Waals surface area contributed by atoms with Crippen LogP contribution in [0.15, 0.2) is 28.8 Å². The van der Waals surface area contributed by atoms with Gasteiger partial charge in [-0.2, -0.15) is 0 Å². The monoisotopic (exact) mass is 255 g/mol. The van der Waals surface area contributed by atoms with Crippen LogP contribution in [0, 0.1) is 0 Å². The quantitative estimate of drug-likeness (QED) is 0.781. The lowest BCUT2D eigenvalue weighted by atomic mass is 10.4. The molecule has 16 heavy (non-hydrogen) atoms. The van der Waals surface area contributed by atoms with Crippen LogP contribution < -0.4 is 5.56 Å². The second-order valence-corrected chi connectivity index (χ2v) is 4.44. The first kappa shape index (κ1) is 11.3. The lowest BCUT2D eigenvalue weighted by molar-refractivity contribution is 0.652. The Morgan fingerprint density at radius 1 is 1.50 bits per heavy atom. The second-order valence-electron chi connectivity index (χ2n) is 3.23. The van der Waals surface area contributed by atoms with E-state index in [1.807, 2.05) is 5.38 Å². The number of halogens is 1. The smallest absolute Gasteiger partial charge is 0.253 e. The van der Waals surface area contributed by atoms with Crippen LogP contribution in [0.1, 0.15) is 10.7 Å². The highest BCUT2D eigenvalue weighted by Crippen LogP contribution is 2.12. The van der Waals surface area contributed by atoms with Crippen LogP contribution in [0.25, 0.3) is 0 Å². The lowest BCUT2D eigenvalue weighted by Crippen LogP contribution is -2.19. The van der Waals surface area contributed by atoms with Gasteiger partial charge in [0, 0.05) is 30.6 Å². The van der Waals surface area contributed by atoms with Crippen molar-refractivity contribution in [1.82, 2.24) is 14.5 Å². The number of thiazole rings is 1. The van der Waals surface area contributed by atoms with Gasteiger partial charge in [-0.15, -0.1) is 22.9 Å². The third kappa shape index (κ3) is 2.68. The maximum Gasteiger partial charge on any atom is 0.253 e. The first-order chi connectivity index (χ1) is 7.79. The zero-order valence-electron chi connectivity index (χ0n) is 8.47. The summed E-state index contributed by atoms with van der Waals surface area (Å²) in [6, 6.07) is 1.45. The summed E-state index contributed by atoms with van der Waals surface area (Å²) in [4.78, 5) is 19.6. The van der Waals surface area contributed by atoms with Gasteiger partial charge in [-0.05, 0) is 0 Å². The molecule has 2 aromatic heterocycles. The van der Waals surface area contributed by atoms with E-state index in [4.69, 9.17) is 11.6 Å². The number of hydrogen-bond donors (Lipinski definition) is 0. The molecule has 6 heteroatoms. The summed E-state index contributed by atoms with van der Waals surface area (Å²) in [5.41, 5.74) is 0.851. The van der Waals surface area contributed by atoms with Crippen LogP contribution in [0.4, 0.5) is 0 Å². The van der Waals surface area contributed by atoms with Crippen LogP contribution in [0.2, 0.25) is 0 Å². The third-order valence-corrected chi connectivity index (χ3v) is 3.33. The van der Waals surface area contributed by atoms with Crippen LogP contribution in [-0.2, 0) is 18.8 Å². The van der Waals surface area contributed by atoms with Gasteiger partial charge in [-0.3, -0.25) is 9.36 Å². The molecule has 0 atom stereocenters. The summed E-state index contributed by atoms with van der Waals surface area (Å²) in [5, 5.41) is 2.93. The standard InChI is InChI=1S/C10H10ClN3OS/c11-5-8-6-16-9(13-8)2-4-14-7-12-3-1-10(14)15/h1,3,6-7H,2,4-5H2. The molecule has 2 heterocycles. The molecule has 0 spiro atoms. The molecule has 0 saturated carbocycles. The van der Waals surface area contributed by atoms with Gasteiger partial charge >= 0.3 is 0 Å². The minimum atomic E-state index is -0.0378. The molecule has 0 N–H and O–H groups in total. The Hall–Kier alpha value is -1.20. The van der Waals surface area contributed by atoms with Crippen molar-refractivity contribution in [3.63, 3.8) is 0 Å². The molecule has 4 nitrogen and oxygen atoms in total. The maximum absolute atomic E-state index is 11.4. The highest BCUT2D eigenvalue weighted by Gasteiger charge is 2.02. The first-order valence-corrected chi connectivity index (χ1v) is 6.20. The predicted molar refractivity (Wildman–Crippen MR) is 63.9 cm³/mol. The molecule has 0 amide bonds. The van der Waals surface area contributed by atoms with Crippen molar-refractivity contribution in [2.45, 2.75) is 18.8 Å². The first-order valence-electron chi connectivity index (χ1n) is 4.79. The summed E-state index contributed by atoms with van der Waals surface area (Å²) < 4.78 is 1.57. The number of aromatic nitrogens is 3. The fraction of sp³-hybridized carbons (Fsp3) is 0.300. The Labute approximate surface area is 102 Å². The van der Waals surface area contributed by atoms with Gasteiger partial charge in [0.15, 0.2) is 0 Å². The molecule has 0 aliphatic heterocycles. The maximum atomic E-state index is 11.4. The van der Waals surface area contributed by atoms with E-state index in [1.54, 1.807) is 22.2 Å². The molecule has 0 aliphatic carbocycles. The Kier molecular flexibility index (Phi) is 3.69. The summed E-state index contributed by atoms with van der Waals surface area (Å²) in [6.07, 6.45) is 3.76. The predicted octanol–water partition coefficient (Wildman–Crippen LogP) is 1.68. The Balaban J connectivity index is 2.02. The van der Waals surface area contributed by atoms with Gasteiger partial charge in [0.2, 0.25) is 0 Å². The average Bonchev–Trinajstić information content (AvgIpc) is 2.76. The van der Waals surface area contributed by atoms with Crippen molar-refractivity contribution >= 4 is 22.9 Å². The van der Waals surface area contributed by atoms with E-state index in [0.29, 0.717) is 12.4 Å². The molecule has 0 aromatic carbocycles. The topological polar surface area (TPSA) is 47.8 Å². The van der Waals surface area contributed by atoms with Gasteiger partial charge in [0.05, 0.1) is 22.9 Å². The van der Waals surface area contributed by atoms with E-state index in [9.17, 15) is 4.79 Å². The van der Waals surface area contributed by atoms with E-state index < -0.39 is 0 Å². The molecule has 0 bridgehead atoms. The van der Waals surface area contributed by atoms with Gasteiger partial charge < -0.3 is 0 Å². The Bertz CT molecular complexity index is 523. The van der Waals surface area contributed by atoms with Gasteiger partial charge in [0.25, 0.3) is 5.56 Å². The van der Waals surface area contributed by atoms with E-state index in [-0.39, 0.29) is 5.56 Å². The minimum absolute atomic E-state index is 0.0378. The molecule has 84 valence electrons. The fourth-order valence-electron chi connectivity index (χ4n) is 1.29. The van der Waals surface area contributed by atoms with E-state index >= 15 is 0 Å². The zero-order valence-corrected chi connectivity index (χ0v) is 10.0. The van der Waals surface area contributed by atoms with Gasteiger partial charge in [-0.1, -0.05) is 0 Å². The number of hydrogen-bond acceptors (Lipinski definition) is 4. The summed E-state index contributed by atoms with van der Waals surface area (Å²) in [6.45, 7) is 0.599. The van der Waals surface area contributed by atoms with Crippen molar-refractivity contribution in [2.75, 3.05) is 0 Å². The molecule has 2 rings (SSSR count). The number of alkyl halides is 1. The summed E-state index contributed by atoms with van der Waals surface area (Å²) in [7, 11) is 0. The van der Waals surface area contributed by atoms with Crippen LogP contribution in [-0.4, -0.2) is 14.5 Å². The van der Waals surface area contributed by atoms with Crippen molar-refractivity contribution in [2.24, 2.45) is 0 Å². The van der Waals surface area contributed by atoms with Gasteiger partial charge in [-0.25, -0.2) is 9.97 Å². The third-order valence-electron chi connectivity index (χ3n) is 2.10. The van der Waals surface area contributed by atoms with E-state index in [0.717, 1.165) is 17.1 Å². The number of aryl methyl sites for hydroxylation is 2. The van der Waals surface area contributed by atoms with Crippen molar-refractivity contribution in [1.29, 1.82) is 0 Å². The van der Waals surface area contributed by atoms with Crippen LogP contribution in [0.5, 0.6) is 0 Å². The SMILES string of the molecule is O=c1ccncn1CCc1nc(CCl)cs1. The Morgan fingerprint density at radius 2 is 2.38 bits per heavy atom. The van der Waals surface area contributed by atoms with Crippen molar-refractivity contribution in [3.8, 4) is 0 Å². The lowest BCUT2D eigenvalue weighted by Gasteiger charge is -2.01. The summed E-state index contributed by atoms with van der Waals surface area (Å²) in [5.74, 6) is 0.434. The summed E-state index contributed by atoms with van der Waals surface area (Å²) >= 11 is 7.23. The Morgan fingerprint density at radius 3 is 3.06 bits per heavy atom. The fourth-order valence-corrected chi connectivity index (χ4v) is 2.30. The normalized spacial score (nSPS) is 10.6. The molecular weight excluding hydrogens is 246 g/mol. The zero-order chi connectivity index (χ0) is 11.4.